The SMILES string of the molecule is O=C1CCCN1CCP1OC2=CC=CCC=C2c2ccccc21. The van der Waals surface area contributed by atoms with Gasteiger partial charge in [-0.1, -0.05) is 42.5 Å². The van der Waals surface area contributed by atoms with Crippen LogP contribution in [0.3, 0.4) is 0 Å². The first-order valence-corrected chi connectivity index (χ1v) is 9.67. The van der Waals surface area contributed by atoms with Gasteiger partial charge >= 0.3 is 0 Å². The van der Waals surface area contributed by atoms with E-state index < -0.39 is 8.15 Å². The van der Waals surface area contributed by atoms with Crippen molar-refractivity contribution < 1.29 is 9.32 Å². The fourth-order valence-electron chi connectivity index (χ4n) is 3.34. The number of fused-ring (bicyclic) bond motifs is 3. The quantitative estimate of drug-likeness (QED) is 0.795. The van der Waals surface area contributed by atoms with Crippen molar-refractivity contribution >= 4 is 24.9 Å². The number of allylic oxidation sites excluding steroid dienone is 5. The number of carbonyl (C=O) groups is 1. The summed E-state index contributed by atoms with van der Waals surface area (Å²) in [6, 6.07) is 8.56. The number of likely N-dealkylation sites (tertiary alicyclic amines) is 1. The van der Waals surface area contributed by atoms with E-state index >= 15 is 0 Å². The van der Waals surface area contributed by atoms with E-state index in [-0.39, 0.29) is 0 Å². The number of hydrogen-bond acceptors (Lipinski definition) is 2. The third-order valence-electron chi connectivity index (χ3n) is 4.52. The molecule has 1 aromatic rings. The van der Waals surface area contributed by atoms with Crippen molar-refractivity contribution in [3.8, 4) is 0 Å². The van der Waals surface area contributed by atoms with Crippen LogP contribution in [0.4, 0.5) is 0 Å². The van der Waals surface area contributed by atoms with Crippen LogP contribution in [0.2, 0.25) is 0 Å². The van der Waals surface area contributed by atoms with Gasteiger partial charge in [0.15, 0.2) is 0 Å². The second-order valence-electron chi connectivity index (χ2n) is 6.01. The molecule has 118 valence electrons. The maximum absolute atomic E-state index is 11.8. The number of benzene rings is 1. The van der Waals surface area contributed by atoms with Crippen LogP contribution in [0.1, 0.15) is 24.8 Å². The first-order valence-electron chi connectivity index (χ1n) is 8.23. The number of carbonyl (C=O) groups excluding carboxylic acids is 1. The van der Waals surface area contributed by atoms with Crippen LogP contribution < -0.4 is 5.30 Å². The van der Waals surface area contributed by atoms with Gasteiger partial charge in [-0.3, -0.25) is 4.79 Å². The molecule has 1 aliphatic carbocycles. The molecule has 1 aromatic carbocycles. The Balaban J connectivity index is 1.61. The Morgan fingerprint density at radius 1 is 1.26 bits per heavy atom. The monoisotopic (exact) mass is 325 g/mol. The fraction of sp³-hybridized carbons (Fsp3) is 0.316. The number of hydrogen-bond donors (Lipinski definition) is 0. The molecule has 4 rings (SSSR count). The van der Waals surface area contributed by atoms with Gasteiger partial charge in [0.05, 0.1) is 0 Å². The third-order valence-corrected chi connectivity index (χ3v) is 6.47. The van der Waals surface area contributed by atoms with Crippen molar-refractivity contribution in [2.75, 3.05) is 19.3 Å². The lowest BCUT2D eigenvalue weighted by molar-refractivity contribution is -0.127. The van der Waals surface area contributed by atoms with Crippen LogP contribution >= 0.6 is 8.15 Å². The zero-order valence-corrected chi connectivity index (χ0v) is 14.0. The van der Waals surface area contributed by atoms with Crippen LogP contribution in [0.25, 0.3) is 5.57 Å². The van der Waals surface area contributed by atoms with Gasteiger partial charge in [0.25, 0.3) is 0 Å². The predicted octanol–water partition coefficient (Wildman–Crippen LogP) is 3.59. The van der Waals surface area contributed by atoms with Crippen molar-refractivity contribution in [3.05, 3.63) is 59.9 Å². The highest BCUT2D eigenvalue weighted by Gasteiger charge is 2.30. The molecule has 3 aliphatic rings. The Kier molecular flexibility index (Phi) is 4.05. The molecule has 0 spiro atoms. The number of amides is 1. The fourth-order valence-corrected chi connectivity index (χ4v) is 5.30. The topological polar surface area (TPSA) is 29.5 Å². The van der Waals surface area contributed by atoms with Gasteiger partial charge < -0.3 is 9.42 Å². The van der Waals surface area contributed by atoms with E-state index in [0.717, 1.165) is 37.9 Å². The molecule has 23 heavy (non-hydrogen) atoms. The summed E-state index contributed by atoms with van der Waals surface area (Å²) >= 11 is 0. The second-order valence-corrected chi connectivity index (χ2v) is 7.88. The first-order chi connectivity index (χ1) is 11.3. The van der Waals surface area contributed by atoms with Gasteiger partial charge in [0, 0.05) is 36.5 Å². The molecule has 3 nitrogen and oxygen atoms in total. The summed E-state index contributed by atoms with van der Waals surface area (Å²) in [7, 11) is -0.715. The summed E-state index contributed by atoms with van der Waals surface area (Å²) in [5, 5.41) is 1.31. The maximum atomic E-state index is 11.8. The summed E-state index contributed by atoms with van der Waals surface area (Å²) in [4.78, 5) is 13.8. The van der Waals surface area contributed by atoms with Crippen LogP contribution in [-0.2, 0) is 9.32 Å². The summed E-state index contributed by atoms with van der Waals surface area (Å²) in [6.45, 7) is 1.71. The predicted molar refractivity (Wildman–Crippen MR) is 94.6 cm³/mol. The second kappa shape index (κ2) is 6.33. The van der Waals surface area contributed by atoms with E-state index in [4.69, 9.17) is 4.52 Å². The molecule has 1 fully saturated rings. The zero-order valence-electron chi connectivity index (χ0n) is 13.1. The molecule has 1 unspecified atom stereocenters. The smallest absolute Gasteiger partial charge is 0.222 e. The van der Waals surface area contributed by atoms with Crippen molar-refractivity contribution in [3.63, 3.8) is 0 Å². The van der Waals surface area contributed by atoms with Gasteiger partial charge in [-0.25, -0.2) is 0 Å². The van der Waals surface area contributed by atoms with Gasteiger partial charge in [0.2, 0.25) is 5.91 Å². The Bertz CT molecular complexity index is 720. The Morgan fingerprint density at radius 3 is 3.04 bits per heavy atom. The van der Waals surface area contributed by atoms with E-state index in [1.165, 1.54) is 16.4 Å². The molecule has 2 aliphatic heterocycles. The van der Waals surface area contributed by atoms with Crippen molar-refractivity contribution in [2.24, 2.45) is 0 Å². The molecule has 0 saturated carbocycles. The van der Waals surface area contributed by atoms with Crippen molar-refractivity contribution in [1.29, 1.82) is 0 Å². The molecule has 1 atom stereocenters. The van der Waals surface area contributed by atoms with Crippen molar-refractivity contribution in [2.45, 2.75) is 19.3 Å². The average Bonchev–Trinajstić information content (AvgIpc) is 2.84. The summed E-state index contributed by atoms with van der Waals surface area (Å²) in [6.07, 6.45) is 12.1. The average molecular weight is 325 g/mol. The third kappa shape index (κ3) is 2.86. The molecule has 4 heteroatoms. The Labute approximate surface area is 138 Å². The number of rotatable bonds is 3. The van der Waals surface area contributed by atoms with Crippen LogP contribution in [0.5, 0.6) is 0 Å². The molecular formula is C19H20NO2P. The van der Waals surface area contributed by atoms with Gasteiger partial charge in [-0.15, -0.1) is 0 Å². The lowest BCUT2D eigenvalue weighted by atomic mass is 10.0. The summed E-state index contributed by atoms with van der Waals surface area (Å²) in [5.74, 6) is 1.28. The minimum atomic E-state index is -0.715. The van der Waals surface area contributed by atoms with Gasteiger partial charge in [-0.05, 0) is 24.5 Å². The van der Waals surface area contributed by atoms with E-state index in [9.17, 15) is 4.79 Å². The number of nitrogens with zero attached hydrogens (tertiary/aromatic N) is 1. The molecule has 0 aromatic heterocycles. The molecule has 0 bridgehead atoms. The highest BCUT2D eigenvalue weighted by Crippen LogP contribution is 2.48. The van der Waals surface area contributed by atoms with Crippen LogP contribution in [-0.4, -0.2) is 30.1 Å². The zero-order chi connectivity index (χ0) is 15.6. The standard InChI is InChI=1S/C19H20NO2P/c21-19-11-6-12-20(19)13-14-23-18-10-5-4-8-16(18)15-7-2-1-3-9-17(15)22-23/h1,3-5,7-10H,2,6,11-14H2. The largest absolute Gasteiger partial charge is 0.469 e. The highest BCUT2D eigenvalue weighted by atomic mass is 31.1. The van der Waals surface area contributed by atoms with Gasteiger partial charge in [0.1, 0.15) is 13.9 Å². The van der Waals surface area contributed by atoms with Gasteiger partial charge in [-0.2, -0.15) is 0 Å². The molecule has 1 saturated heterocycles. The minimum absolute atomic E-state index is 0.294. The molecule has 0 N–H and O–H groups in total. The van der Waals surface area contributed by atoms with Crippen molar-refractivity contribution in [1.82, 2.24) is 4.90 Å². The molecule has 2 heterocycles. The Morgan fingerprint density at radius 2 is 2.17 bits per heavy atom. The van der Waals surface area contributed by atoms with Crippen LogP contribution in [0, 0.1) is 0 Å². The minimum Gasteiger partial charge on any atom is -0.469 e. The van der Waals surface area contributed by atoms with E-state index in [1.54, 1.807) is 0 Å². The Hall–Kier alpha value is -1.86. The summed E-state index contributed by atoms with van der Waals surface area (Å²) < 4.78 is 6.36. The lowest BCUT2D eigenvalue weighted by Gasteiger charge is -2.31. The van der Waals surface area contributed by atoms with E-state index in [0.29, 0.717) is 12.3 Å². The first kappa shape index (κ1) is 14.7. The normalized spacial score (nSPS) is 22.7. The molecular weight excluding hydrogens is 305 g/mol. The van der Waals surface area contributed by atoms with E-state index in [2.05, 4.69) is 48.6 Å². The lowest BCUT2D eigenvalue weighted by Crippen LogP contribution is -2.29. The summed E-state index contributed by atoms with van der Waals surface area (Å²) in [5.41, 5.74) is 2.51. The molecule has 1 amide bonds. The van der Waals surface area contributed by atoms with E-state index in [1.807, 2.05) is 4.90 Å². The highest BCUT2D eigenvalue weighted by molar-refractivity contribution is 7.61. The van der Waals surface area contributed by atoms with Crippen LogP contribution in [0.15, 0.2) is 54.3 Å². The maximum Gasteiger partial charge on any atom is 0.222 e. The molecule has 0 radical (unpaired) electrons.